The van der Waals surface area contributed by atoms with Crippen molar-refractivity contribution in [3.05, 3.63) is 28.2 Å². The smallest absolute Gasteiger partial charge is 0.0992 e. The monoisotopic (exact) mass is 310 g/mol. The van der Waals surface area contributed by atoms with Crippen LogP contribution >= 0.6 is 15.9 Å². The Labute approximate surface area is 115 Å². The first-order valence-corrected chi connectivity index (χ1v) is 6.66. The Morgan fingerprint density at radius 2 is 2.17 bits per heavy atom. The second kappa shape index (κ2) is 5.70. The van der Waals surface area contributed by atoms with E-state index in [1.54, 1.807) is 12.1 Å². The summed E-state index contributed by atoms with van der Waals surface area (Å²) in [5, 5.41) is 22.3. The quantitative estimate of drug-likeness (QED) is 0.899. The Morgan fingerprint density at radius 1 is 1.44 bits per heavy atom. The van der Waals surface area contributed by atoms with Crippen LogP contribution in [0.25, 0.3) is 0 Å². The molecule has 0 spiro atoms. The van der Waals surface area contributed by atoms with Gasteiger partial charge in [-0.2, -0.15) is 5.26 Å². The summed E-state index contributed by atoms with van der Waals surface area (Å²) in [5.74, 6) is 0. The molecule has 0 aliphatic carbocycles. The van der Waals surface area contributed by atoms with Crippen LogP contribution < -0.4 is 5.32 Å². The summed E-state index contributed by atoms with van der Waals surface area (Å²) in [7, 11) is 0. The molecule has 2 N–H and O–H groups in total. The zero-order chi connectivity index (χ0) is 13.0. The van der Waals surface area contributed by atoms with Gasteiger partial charge in [0.25, 0.3) is 0 Å². The molecule has 0 atom stereocenters. The van der Waals surface area contributed by atoms with Gasteiger partial charge in [-0.1, -0.05) is 0 Å². The van der Waals surface area contributed by atoms with E-state index in [4.69, 9.17) is 10.00 Å². The van der Waals surface area contributed by atoms with Crippen molar-refractivity contribution in [2.45, 2.75) is 18.4 Å². The lowest BCUT2D eigenvalue weighted by Gasteiger charge is -2.32. The summed E-state index contributed by atoms with van der Waals surface area (Å²) >= 11 is 3.41. The second-order valence-corrected chi connectivity index (χ2v) is 5.35. The molecule has 96 valence electrons. The maximum atomic E-state index is 10.3. The molecule has 0 bridgehead atoms. The molecular weight excluding hydrogens is 296 g/mol. The summed E-state index contributed by atoms with van der Waals surface area (Å²) in [6.07, 6.45) is 1.29. The molecule has 0 unspecified atom stereocenters. The normalized spacial score (nSPS) is 18.1. The summed E-state index contributed by atoms with van der Waals surface area (Å²) in [4.78, 5) is 0. The van der Waals surface area contributed by atoms with Crippen molar-refractivity contribution < 1.29 is 9.84 Å². The highest BCUT2D eigenvalue weighted by atomic mass is 79.9. The Kier molecular flexibility index (Phi) is 4.23. The van der Waals surface area contributed by atoms with Crippen molar-refractivity contribution in [1.29, 1.82) is 5.26 Å². The van der Waals surface area contributed by atoms with Crippen LogP contribution in [0.15, 0.2) is 22.7 Å². The zero-order valence-electron chi connectivity index (χ0n) is 9.95. The number of nitriles is 1. The molecule has 2 rings (SSSR count). The molecule has 1 aliphatic rings. The Morgan fingerprint density at radius 3 is 2.78 bits per heavy atom. The van der Waals surface area contributed by atoms with Crippen molar-refractivity contribution in [3.63, 3.8) is 0 Å². The lowest BCUT2D eigenvalue weighted by molar-refractivity contribution is -0.0543. The molecule has 1 aromatic carbocycles. The number of ether oxygens (including phenoxy) is 1. The van der Waals surface area contributed by atoms with E-state index < -0.39 is 5.60 Å². The summed E-state index contributed by atoms with van der Waals surface area (Å²) in [6.45, 7) is 1.69. The van der Waals surface area contributed by atoms with Gasteiger partial charge in [-0.3, -0.25) is 0 Å². The molecular formula is C13H15BrN2O2. The van der Waals surface area contributed by atoms with Gasteiger partial charge in [0.1, 0.15) is 0 Å². The minimum Gasteiger partial charge on any atom is -0.388 e. The van der Waals surface area contributed by atoms with Crippen LogP contribution in [0.4, 0.5) is 5.69 Å². The molecule has 1 saturated heterocycles. The average Bonchev–Trinajstić information content (AvgIpc) is 2.38. The van der Waals surface area contributed by atoms with Gasteiger partial charge in [-0.15, -0.1) is 0 Å². The zero-order valence-corrected chi connectivity index (χ0v) is 11.5. The number of nitrogens with one attached hydrogen (secondary N) is 1. The van der Waals surface area contributed by atoms with E-state index in [2.05, 4.69) is 27.3 Å². The first-order chi connectivity index (χ1) is 8.63. The van der Waals surface area contributed by atoms with Crippen LogP contribution in [0, 0.1) is 11.3 Å². The molecule has 0 saturated carbocycles. The highest BCUT2D eigenvalue weighted by Crippen LogP contribution is 2.26. The third-order valence-electron chi connectivity index (χ3n) is 3.13. The third kappa shape index (κ3) is 3.22. The first kappa shape index (κ1) is 13.3. The number of hydrogen-bond acceptors (Lipinski definition) is 4. The molecule has 18 heavy (non-hydrogen) atoms. The fourth-order valence-corrected chi connectivity index (χ4v) is 2.43. The van der Waals surface area contributed by atoms with E-state index in [9.17, 15) is 5.11 Å². The average molecular weight is 311 g/mol. The van der Waals surface area contributed by atoms with Crippen molar-refractivity contribution >= 4 is 21.6 Å². The van der Waals surface area contributed by atoms with Gasteiger partial charge in [-0.05, 0) is 34.1 Å². The predicted octanol–water partition coefficient (Wildman–Crippen LogP) is 2.27. The maximum Gasteiger partial charge on any atom is 0.0992 e. The van der Waals surface area contributed by atoms with E-state index in [-0.39, 0.29) is 0 Å². The maximum absolute atomic E-state index is 10.3. The highest BCUT2D eigenvalue weighted by molar-refractivity contribution is 9.10. The van der Waals surface area contributed by atoms with Crippen molar-refractivity contribution in [2.75, 3.05) is 25.1 Å². The van der Waals surface area contributed by atoms with E-state index in [0.29, 0.717) is 38.2 Å². The van der Waals surface area contributed by atoms with Gasteiger partial charge < -0.3 is 15.2 Å². The molecule has 4 nitrogen and oxygen atoms in total. The van der Waals surface area contributed by atoms with Crippen LogP contribution in [0.2, 0.25) is 0 Å². The molecule has 1 aliphatic heterocycles. The molecule has 0 aromatic heterocycles. The van der Waals surface area contributed by atoms with Crippen LogP contribution in [0.3, 0.4) is 0 Å². The standard InChI is InChI=1S/C13H15BrN2O2/c14-11-7-10(8-15)1-2-12(11)16-9-13(17)3-5-18-6-4-13/h1-2,7,16-17H,3-6,9H2. The Hall–Kier alpha value is -1.09. The number of rotatable bonds is 3. The number of halogens is 1. The SMILES string of the molecule is N#Cc1ccc(NCC2(O)CCOCC2)c(Br)c1. The molecule has 1 heterocycles. The van der Waals surface area contributed by atoms with Crippen LogP contribution in [-0.4, -0.2) is 30.5 Å². The van der Waals surface area contributed by atoms with E-state index in [0.717, 1.165) is 10.2 Å². The third-order valence-corrected chi connectivity index (χ3v) is 3.79. The largest absolute Gasteiger partial charge is 0.388 e. The molecule has 0 radical (unpaired) electrons. The van der Waals surface area contributed by atoms with E-state index >= 15 is 0 Å². The van der Waals surface area contributed by atoms with Crippen LogP contribution in [0.5, 0.6) is 0 Å². The fraction of sp³-hybridized carbons (Fsp3) is 0.462. The topological polar surface area (TPSA) is 65.3 Å². The number of aliphatic hydroxyl groups is 1. The lowest BCUT2D eigenvalue weighted by atomic mass is 9.94. The van der Waals surface area contributed by atoms with Gasteiger partial charge in [0, 0.05) is 42.8 Å². The summed E-state index contributed by atoms with van der Waals surface area (Å²) in [6, 6.07) is 7.43. The fourth-order valence-electron chi connectivity index (χ4n) is 1.92. The van der Waals surface area contributed by atoms with Crippen LogP contribution in [-0.2, 0) is 4.74 Å². The van der Waals surface area contributed by atoms with Crippen molar-refractivity contribution in [3.8, 4) is 6.07 Å². The number of nitrogens with zero attached hydrogens (tertiary/aromatic N) is 1. The Bertz CT molecular complexity index is 465. The van der Waals surface area contributed by atoms with Crippen molar-refractivity contribution in [1.82, 2.24) is 0 Å². The van der Waals surface area contributed by atoms with Gasteiger partial charge in [0.2, 0.25) is 0 Å². The molecule has 1 aromatic rings. The molecule has 1 fully saturated rings. The first-order valence-electron chi connectivity index (χ1n) is 5.87. The number of hydrogen-bond donors (Lipinski definition) is 2. The Balaban J connectivity index is 2.00. The highest BCUT2D eigenvalue weighted by Gasteiger charge is 2.29. The molecule has 0 amide bonds. The minimum absolute atomic E-state index is 0.487. The number of anilines is 1. The van der Waals surface area contributed by atoms with Crippen molar-refractivity contribution in [2.24, 2.45) is 0 Å². The van der Waals surface area contributed by atoms with Crippen LogP contribution in [0.1, 0.15) is 18.4 Å². The number of benzene rings is 1. The van der Waals surface area contributed by atoms with E-state index in [1.807, 2.05) is 6.07 Å². The summed E-state index contributed by atoms with van der Waals surface area (Å²) in [5.41, 5.74) is 0.789. The van der Waals surface area contributed by atoms with Gasteiger partial charge in [-0.25, -0.2) is 0 Å². The molecule has 5 heteroatoms. The van der Waals surface area contributed by atoms with Gasteiger partial charge in [0.15, 0.2) is 0 Å². The van der Waals surface area contributed by atoms with Gasteiger partial charge >= 0.3 is 0 Å². The predicted molar refractivity (Wildman–Crippen MR) is 72.3 cm³/mol. The summed E-state index contributed by atoms with van der Waals surface area (Å²) < 4.78 is 6.07. The second-order valence-electron chi connectivity index (χ2n) is 4.50. The lowest BCUT2D eigenvalue weighted by Crippen LogP contribution is -2.42. The minimum atomic E-state index is -0.703. The van der Waals surface area contributed by atoms with E-state index in [1.165, 1.54) is 0 Å². The van der Waals surface area contributed by atoms with Gasteiger partial charge in [0.05, 0.1) is 17.2 Å².